The van der Waals surface area contributed by atoms with E-state index >= 15 is 0 Å². The van der Waals surface area contributed by atoms with E-state index < -0.39 is 0 Å². The molecule has 4 nitrogen and oxygen atoms in total. The molecule has 0 radical (unpaired) electrons. The van der Waals surface area contributed by atoms with E-state index in [-0.39, 0.29) is 10.6 Å². The molecule has 16 heavy (non-hydrogen) atoms. The highest BCUT2D eigenvalue weighted by atomic mass is 35.5. The van der Waals surface area contributed by atoms with Crippen molar-refractivity contribution in [2.45, 2.75) is 13.5 Å². The summed E-state index contributed by atoms with van der Waals surface area (Å²) in [4.78, 5) is 13.6. The molecule has 84 valence electrons. The van der Waals surface area contributed by atoms with Crippen LogP contribution >= 0.6 is 22.9 Å². The maximum atomic E-state index is 11.2. The van der Waals surface area contributed by atoms with Crippen molar-refractivity contribution in [3.8, 4) is 0 Å². The summed E-state index contributed by atoms with van der Waals surface area (Å²) < 4.78 is 0. The Balaban J connectivity index is 2.10. The van der Waals surface area contributed by atoms with Crippen LogP contribution in [0.3, 0.4) is 0 Å². The van der Waals surface area contributed by atoms with Crippen LogP contribution in [0, 0.1) is 6.92 Å². The molecule has 0 aliphatic heterocycles. The van der Waals surface area contributed by atoms with E-state index in [0.717, 1.165) is 0 Å². The van der Waals surface area contributed by atoms with Crippen LogP contribution in [-0.2, 0) is 6.54 Å². The summed E-state index contributed by atoms with van der Waals surface area (Å²) in [6.45, 7) is 2.69. The Labute approximate surface area is 101 Å². The highest BCUT2D eigenvalue weighted by Gasteiger charge is 2.04. The minimum Gasteiger partial charge on any atom is -0.377 e. The summed E-state index contributed by atoms with van der Waals surface area (Å²) in [5.41, 5.74) is 0.172. The van der Waals surface area contributed by atoms with Crippen LogP contribution in [0.15, 0.2) is 23.1 Å². The maximum absolute atomic E-state index is 11.2. The lowest BCUT2D eigenvalue weighted by atomic mass is 10.4. The van der Waals surface area contributed by atoms with Crippen LogP contribution in [0.4, 0.5) is 5.69 Å². The van der Waals surface area contributed by atoms with E-state index in [9.17, 15) is 4.79 Å². The first-order chi connectivity index (χ1) is 7.66. The van der Waals surface area contributed by atoms with E-state index in [4.69, 9.17) is 11.6 Å². The highest BCUT2D eigenvalue weighted by Crippen LogP contribution is 2.19. The fourth-order valence-electron chi connectivity index (χ4n) is 1.27. The lowest BCUT2D eigenvalue weighted by molar-refractivity contribution is 0.983. The molecule has 0 saturated carbocycles. The van der Waals surface area contributed by atoms with Gasteiger partial charge >= 0.3 is 0 Å². The van der Waals surface area contributed by atoms with Gasteiger partial charge in [0.2, 0.25) is 0 Å². The van der Waals surface area contributed by atoms with E-state index in [1.54, 1.807) is 11.3 Å². The van der Waals surface area contributed by atoms with Gasteiger partial charge < -0.3 is 5.32 Å². The number of aromatic amines is 1. The summed E-state index contributed by atoms with van der Waals surface area (Å²) in [6.07, 6.45) is 1.50. The first kappa shape index (κ1) is 11.2. The molecule has 6 heteroatoms. The molecule has 0 bridgehead atoms. The first-order valence-electron chi connectivity index (χ1n) is 4.69. The summed E-state index contributed by atoms with van der Waals surface area (Å²) >= 11 is 7.53. The van der Waals surface area contributed by atoms with Crippen molar-refractivity contribution >= 4 is 28.6 Å². The lowest BCUT2D eigenvalue weighted by Gasteiger charge is -2.04. The maximum Gasteiger partial charge on any atom is 0.285 e. The Kier molecular flexibility index (Phi) is 3.26. The Bertz CT molecular complexity index is 549. The predicted molar refractivity (Wildman–Crippen MR) is 66.3 cm³/mol. The normalized spacial score (nSPS) is 10.4. The third kappa shape index (κ3) is 2.43. The van der Waals surface area contributed by atoms with Crippen LogP contribution in [0.2, 0.25) is 5.02 Å². The minimum atomic E-state index is -0.381. The summed E-state index contributed by atoms with van der Waals surface area (Å²) in [5, 5.41) is 9.17. The van der Waals surface area contributed by atoms with Crippen LogP contribution in [0.5, 0.6) is 0 Å². The number of thiophene rings is 1. The fourth-order valence-corrected chi connectivity index (χ4v) is 2.26. The van der Waals surface area contributed by atoms with Crippen molar-refractivity contribution < 1.29 is 0 Å². The number of aryl methyl sites for hydroxylation is 1. The molecule has 2 aromatic rings. The molecule has 2 N–H and O–H groups in total. The molecule has 0 unspecified atom stereocenters. The van der Waals surface area contributed by atoms with Gasteiger partial charge in [-0.3, -0.25) is 4.79 Å². The molecular weight excluding hydrogens is 246 g/mol. The molecule has 0 amide bonds. The van der Waals surface area contributed by atoms with Crippen LogP contribution in [0.1, 0.15) is 9.75 Å². The van der Waals surface area contributed by atoms with E-state index in [2.05, 4.69) is 28.5 Å². The van der Waals surface area contributed by atoms with Crippen molar-refractivity contribution in [3.63, 3.8) is 0 Å². The van der Waals surface area contributed by atoms with Crippen molar-refractivity contribution in [1.82, 2.24) is 10.2 Å². The third-order valence-electron chi connectivity index (χ3n) is 2.04. The zero-order valence-electron chi connectivity index (χ0n) is 8.58. The Morgan fingerprint density at radius 1 is 1.56 bits per heavy atom. The second-order valence-corrected chi connectivity index (χ2v) is 5.04. The van der Waals surface area contributed by atoms with E-state index in [0.29, 0.717) is 12.2 Å². The number of hydrogen-bond donors (Lipinski definition) is 2. The van der Waals surface area contributed by atoms with Crippen molar-refractivity contribution in [3.05, 3.63) is 43.5 Å². The van der Waals surface area contributed by atoms with Gasteiger partial charge in [-0.25, -0.2) is 5.10 Å². The molecule has 2 rings (SSSR count). The molecule has 0 aromatic carbocycles. The Morgan fingerprint density at radius 2 is 2.38 bits per heavy atom. The van der Waals surface area contributed by atoms with Gasteiger partial charge in [0.05, 0.1) is 11.9 Å². The smallest absolute Gasteiger partial charge is 0.285 e. The standard InChI is InChI=1S/C10H10ClN3OS/c1-6-2-3-7(16-6)4-12-8-5-13-14-10(15)9(8)11/h2-3,5H,4H2,1H3,(H2,12,14,15). The minimum absolute atomic E-state index is 0.142. The van der Waals surface area contributed by atoms with Crippen LogP contribution in [-0.4, -0.2) is 10.2 Å². The molecular formula is C10H10ClN3OS. The molecule has 0 saturated heterocycles. The first-order valence-corrected chi connectivity index (χ1v) is 5.88. The molecule has 2 heterocycles. The van der Waals surface area contributed by atoms with Crippen molar-refractivity contribution in [2.75, 3.05) is 5.32 Å². The average molecular weight is 256 g/mol. The number of nitrogens with one attached hydrogen (secondary N) is 2. The molecule has 0 aliphatic carbocycles. The number of halogens is 1. The van der Waals surface area contributed by atoms with Crippen molar-refractivity contribution in [2.24, 2.45) is 0 Å². The van der Waals surface area contributed by atoms with Gasteiger partial charge in [0, 0.05) is 16.3 Å². The average Bonchev–Trinajstić information content (AvgIpc) is 2.67. The number of hydrogen-bond acceptors (Lipinski definition) is 4. The summed E-state index contributed by atoms with van der Waals surface area (Å²) in [5.74, 6) is 0. The molecule has 2 aromatic heterocycles. The summed E-state index contributed by atoms with van der Waals surface area (Å²) in [7, 11) is 0. The Morgan fingerprint density at radius 3 is 3.06 bits per heavy atom. The SMILES string of the molecule is Cc1ccc(CNc2cn[nH]c(=O)c2Cl)s1. The van der Waals surface area contributed by atoms with Gasteiger partial charge in [-0.15, -0.1) is 11.3 Å². The quantitative estimate of drug-likeness (QED) is 0.886. The van der Waals surface area contributed by atoms with Crippen LogP contribution < -0.4 is 10.9 Å². The van der Waals surface area contributed by atoms with Gasteiger partial charge in [-0.2, -0.15) is 5.10 Å². The monoisotopic (exact) mass is 255 g/mol. The largest absolute Gasteiger partial charge is 0.377 e. The Hall–Kier alpha value is -1.33. The zero-order chi connectivity index (χ0) is 11.5. The van der Waals surface area contributed by atoms with Gasteiger partial charge in [0.15, 0.2) is 0 Å². The highest BCUT2D eigenvalue weighted by molar-refractivity contribution is 7.11. The van der Waals surface area contributed by atoms with Gasteiger partial charge in [0.25, 0.3) is 5.56 Å². The fraction of sp³-hybridized carbons (Fsp3) is 0.200. The van der Waals surface area contributed by atoms with E-state index in [1.165, 1.54) is 16.0 Å². The van der Waals surface area contributed by atoms with E-state index in [1.807, 2.05) is 6.07 Å². The molecule has 0 fully saturated rings. The lowest BCUT2D eigenvalue weighted by Crippen LogP contribution is -2.11. The van der Waals surface area contributed by atoms with Crippen LogP contribution in [0.25, 0.3) is 0 Å². The van der Waals surface area contributed by atoms with Gasteiger partial charge in [-0.1, -0.05) is 11.6 Å². The molecule has 0 spiro atoms. The molecule has 0 atom stereocenters. The van der Waals surface area contributed by atoms with Gasteiger partial charge in [0.1, 0.15) is 5.02 Å². The third-order valence-corrected chi connectivity index (χ3v) is 3.42. The number of anilines is 1. The molecule has 0 aliphatic rings. The number of H-pyrrole nitrogens is 1. The number of rotatable bonds is 3. The number of nitrogens with zero attached hydrogens (tertiary/aromatic N) is 1. The topological polar surface area (TPSA) is 57.8 Å². The second-order valence-electron chi connectivity index (χ2n) is 3.29. The second kappa shape index (κ2) is 4.67. The number of aromatic nitrogens is 2. The predicted octanol–water partition coefficient (Wildman–Crippen LogP) is 2.41. The summed E-state index contributed by atoms with van der Waals surface area (Å²) in [6, 6.07) is 4.10. The van der Waals surface area contributed by atoms with Gasteiger partial charge in [-0.05, 0) is 19.1 Å². The van der Waals surface area contributed by atoms with Crippen molar-refractivity contribution in [1.29, 1.82) is 0 Å². The zero-order valence-corrected chi connectivity index (χ0v) is 10.2.